The van der Waals surface area contributed by atoms with E-state index in [1.807, 2.05) is 0 Å². The lowest BCUT2D eigenvalue weighted by atomic mass is 9.59. The van der Waals surface area contributed by atoms with Crippen molar-refractivity contribution < 1.29 is 9.90 Å². The topological polar surface area (TPSA) is 40.5 Å². The van der Waals surface area contributed by atoms with Crippen LogP contribution in [-0.4, -0.2) is 35.1 Å². The van der Waals surface area contributed by atoms with Gasteiger partial charge in [0, 0.05) is 19.5 Å². The van der Waals surface area contributed by atoms with Crippen LogP contribution in [0.4, 0.5) is 0 Å². The minimum atomic E-state index is -0.141. The van der Waals surface area contributed by atoms with Crippen LogP contribution < -0.4 is 0 Å². The first-order chi connectivity index (χ1) is 12.5. The Kier molecular flexibility index (Phi) is 8.93. The van der Waals surface area contributed by atoms with Gasteiger partial charge in [0.15, 0.2) is 0 Å². The number of fused-ring (bicyclic) bond motifs is 1. The first-order valence-electron chi connectivity index (χ1n) is 11.4. The summed E-state index contributed by atoms with van der Waals surface area (Å²) in [5, 5.41) is 10.2. The van der Waals surface area contributed by atoms with E-state index in [1.165, 1.54) is 51.4 Å². The van der Waals surface area contributed by atoms with Gasteiger partial charge in [-0.2, -0.15) is 0 Å². The fraction of sp³-hybridized carbons (Fsp3) is 0.957. The Bertz CT molecular complexity index is 424. The standard InChI is InChI=1S/C23H43NO2/c1-4-5-6-7-8-9-10-11-12-13-22(26)24-17-15-20-19(2)21(25)14-16-23(20,3)18-24/h19-21,25H,4-18H2,1-3H3/t19-,20-,21-,23+/m0/s1. The molecule has 0 unspecified atom stereocenters. The predicted octanol–water partition coefficient (Wildman–Crippen LogP) is 5.55. The van der Waals surface area contributed by atoms with E-state index >= 15 is 0 Å². The molecule has 1 heterocycles. The van der Waals surface area contributed by atoms with Crippen molar-refractivity contribution in [3.63, 3.8) is 0 Å². The van der Waals surface area contributed by atoms with Gasteiger partial charge in [0.2, 0.25) is 5.91 Å². The molecule has 0 bridgehead atoms. The number of aliphatic hydroxyl groups excluding tert-OH is 1. The fourth-order valence-electron chi connectivity index (χ4n) is 5.40. The summed E-state index contributed by atoms with van der Waals surface area (Å²) in [4.78, 5) is 14.8. The highest BCUT2D eigenvalue weighted by Gasteiger charge is 2.47. The molecule has 0 aromatic carbocycles. The van der Waals surface area contributed by atoms with Gasteiger partial charge in [-0.1, -0.05) is 72.1 Å². The molecule has 1 saturated carbocycles. The van der Waals surface area contributed by atoms with E-state index in [1.54, 1.807) is 0 Å². The normalized spacial score (nSPS) is 31.7. The average Bonchev–Trinajstić information content (AvgIpc) is 2.63. The molecule has 0 radical (unpaired) electrons. The predicted molar refractivity (Wildman–Crippen MR) is 109 cm³/mol. The van der Waals surface area contributed by atoms with Gasteiger partial charge in [0.05, 0.1) is 6.10 Å². The van der Waals surface area contributed by atoms with E-state index in [-0.39, 0.29) is 11.5 Å². The quantitative estimate of drug-likeness (QED) is 0.515. The number of aliphatic hydroxyl groups is 1. The van der Waals surface area contributed by atoms with E-state index < -0.39 is 0 Å². The van der Waals surface area contributed by atoms with Gasteiger partial charge < -0.3 is 10.0 Å². The zero-order chi connectivity index (χ0) is 19.0. The molecule has 26 heavy (non-hydrogen) atoms. The highest BCUT2D eigenvalue weighted by Crippen LogP contribution is 2.48. The molecule has 1 aliphatic carbocycles. The molecular weight excluding hydrogens is 322 g/mol. The van der Waals surface area contributed by atoms with Gasteiger partial charge in [-0.25, -0.2) is 0 Å². The second-order valence-corrected chi connectivity index (χ2v) is 9.41. The minimum Gasteiger partial charge on any atom is -0.393 e. The third-order valence-corrected chi connectivity index (χ3v) is 7.26. The van der Waals surface area contributed by atoms with Gasteiger partial charge in [-0.05, 0) is 42.9 Å². The van der Waals surface area contributed by atoms with Crippen molar-refractivity contribution in [2.75, 3.05) is 13.1 Å². The van der Waals surface area contributed by atoms with Crippen LogP contribution in [0.1, 0.15) is 104 Å². The Labute approximate surface area is 161 Å². The zero-order valence-corrected chi connectivity index (χ0v) is 17.6. The largest absolute Gasteiger partial charge is 0.393 e. The summed E-state index contributed by atoms with van der Waals surface area (Å²) in [5.74, 6) is 1.32. The highest BCUT2D eigenvalue weighted by atomic mass is 16.3. The highest BCUT2D eigenvalue weighted by molar-refractivity contribution is 5.76. The summed E-state index contributed by atoms with van der Waals surface area (Å²) in [6, 6.07) is 0. The van der Waals surface area contributed by atoms with Crippen molar-refractivity contribution in [3.05, 3.63) is 0 Å². The summed E-state index contributed by atoms with van der Waals surface area (Å²) in [5.41, 5.74) is 0.213. The van der Waals surface area contributed by atoms with Crippen LogP contribution in [0.25, 0.3) is 0 Å². The molecule has 0 aromatic heterocycles. The average molecular weight is 366 g/mol. The van der Waals surface area contributed by atoms with Crippen LogP contribution in [0, 0.1) is 17.3 Å². The number of carbonyl (C=O) groups is 1. The number of piperidine rings is 1. The van der Waals surface area contributed by atoms with Crippen molar-refractivity contribution in [2.24, 2.45) is 17.3 Å². The lowest BCUT2D eigenvalue weighted by Crippen LogP contribution is -2.55. The lowest BCUT2D eigenvalue weighted by molar-refractivity contribution is -0.141. The molecule has 1 amide bonds. The molecule has 1 aliphatic heterocycles. The molecule has 3 nitrogen and oxygen atoms in total. The van der Waals surface area contributed by atoms with Gasteiger partial charge in [0.1, 0.15) is 0 Å². The molecule has 0 spiro atoms. The first-order valence-corrected chi connectivity index (χ1v) is 11.4. The van der Waals surface area contributed by atoms with Gasteiger partial charge in [-0.3, -0.25) is 4.79 Å². The molecule has 152 valence electrons. The van der Waals surface area contributed by atoms with Crippen molar-refractivity contribution in [1.29, 1.82) is 0 Å². The maximum Gasteiger partial charge on any atom is 0.222 e. The Hall–Kier alpha value is -0.570. The first kappa shape index (κ1) is 21.7. The van der Waals surface area contributed by atoms with Crippen LogP contribution in [0.2, 0.25) is 0 Å². The Morgan fingerprint density at radius 1 is 1.04 bits per heavy atom. The van der Waals surface area contributed by atoms with Crippen molar-refractivity contribution in [1.82, 2.24) is 4.90 Å². The van der Waals surface area contributed by atoms with Crippen LogP contribution in [0.3, 0.4) is 0 Å². The maximum atomic E-state index is 12.6. The number of likely N-dealkylation sites (tertiary alicyclic amines) is 1. The summed E-state index contributed by atoms with van der Waals surface area (Å²) >= 11 is 0. The number of hydrogen-bond donors (Lipinski definition) is 1. The summed E-state index contributed by atoms with van der Waals surface area (Å²) in [6.07, 6.45) is 15.3. The fourth-order valence-corrected chi connectivity index (χ4v) is 5.40. The van der Waals surface area contributed by atoms with Gasteiger partial charge >= 0.3 is 0 Å². The molecule has 2 aliphatic rings. The second-order valence-electron chi connectivity index (χ2n) is 9.41. The van der Waals surface area contributed by atoms with E-state index in [4.69, 9.17) is 0 Å². The molecule has 3 heteroatoms. The number of nitrogens with zero attached hydrogens (tertiary/aromatic N) is 1. The summed E-state index contributed by atoms with van der Waals surface area (Å²) < 4.78 is 0. The van der Waals surface area contributed by atoms with E-state index in [2.05, 4.69) is 25.7 Å². The lowest BCUT2D eigenvalue weighted by Gasteiger charge is -2.53. The van der Waals surface area contributed by atoms with E-state index in [0.717, 1.165) is 45.2 Å². The number of amides is 1. The Balaban J connectivity index is 1.62. The summed E-state index contributed by atoms with van der Waals surface area (Å²) in [6.45, 7) is 8.61. The number of unbranched alkanes of at least 4 members (excludes halogenated alkanes) is 8. The smallest absolute Gasteiger partial charge is 0.222 e. The van der Waals surface area contributed by atoms with Gasteiger partial charge in [-0.15, -0.1) is 0 Å². The molecule has 0 aromatic rings. The van der Waals surface area contributed by atoms with Crippen molar-refractivity contribution in [3.8, 4) is 0 Å². The van der Waals surface area contributed by atoms with Crippen molar-refractivity contribution >= 4 is 5.91 Å². The second kappa shape index (κ2) is 10.7. The maximum absolute atomic E-state index is 12.6. The van der Waals surface area contributed by atoms with Crippen LogP contribution in [-0.2, 0) is 4.79 Å². The number of hydrogen-bond acceptors (Lipinski definition) is 2. The third-order valence-electron chi connectivity index (χ3n) is 7.26. The van der Waals surface area contributed by atoms with Gasteiger partial charge in [0.25, 0.3) is 0 Å². The van der Waals surface area contributed by atoms with E-state index in [9.17, 15) is 9.90 Å². The van der Waals surface area contributed by atoms with Crippen LogP contribution in [0.15, 0.2) is 0 Å². The molecule has 2 rings (SSSR count). The molecule has 4 atom stereocenters. The SMILES string of the molecule is CCCCCCCCCCCC(=O)N1CC[C@H]2[C@H](C)[C@@H](O)CC[C@]2(C)C1. The Morgan fingerprint density at radius 3 is 2.31 bits per heavy atom. The Morgan fingerprint density at radius 2 is 1.65 bits per heavy atom. The number of carbonyl (C=O) groups excluding carboxylic acids is 1. The third kappa shape index (κ3) is 5.97. The van der Waals surface area contributed by atoms with Crippen LogP contribution >= 0.6 is 0 Å². The molecule has 1 N–H and O–H groups in total. The van der Waals surface area contributed by atoms with Crippen molar-refractivity contribution in [2.45, 2.75) is 110 Å². The van der Waals surface area contributed by atoms with Crippen LogP contribution in [0.5, 0.6) is 0 Å². The molecule has 1 saturated heterocycles. The molecular formula is C23H43NO2. The summed E-state index contributed by atoms with van der Waals surface area (Å²) in [7, 11) is 0. The monoisotopic (exact) mass is 365 g/mol. The van der Waals surface area contributed by atoms with E-state index in [0.29, 0.717) is 17.7 Å². The number of rotatable bonds is 10. The molecule has 2 fully saturated rings. The zero-order valence-electron chi connectivity index (χ0n) is 17.6. The minimum absolute atomic E-state index is 0.141.